The number of aromatic nitrogens is 7. The molecular formula is C29H27FN10O2. The van der Waals surface area contributed by atoms with Crippen molar-refractivity contribution < 1.29 is 13.9 Å². The second-order valence-corrected chi connectivity index (χ2v) is 10.6. The monoisotopic (exact) mass is 566 g/mol. The average molecular weight is 567 g/mol. The number of hydrogen-bond acceptors (Lipinski definition) is 10. The molecule has 2 saturated heterocycles. The molecule has 5 aromatic rings. The van der Waals surface area contributed by atoms with Crippen LogP contribution in [0.25, 0.3) is 22.1 Å². The topological polar surface area (TPSA) is 127 Å². The maximum Gasteiger partial charge on any atom is 0.282 e. The fourth-order valence-corrected chi connectivity index (χ4v) is 5.82. The number of amides is 1. The van der Waals surface area contributed by atoms with Crippen LogP contribution in [0.2, 0.25) is 0 Å². The van der Waals surface area contributed by atoms with Gasteiger partial charge in [0.25, 0.3) is 5.91 Å². The summed E-state index contributed by atoms with van der Waals surface area (Å²) in [6, 6.07) is 11.2. The molecule has 0 radical (unpaired) electrons. The van der Waals surface area contributed by atoms with Gasteiger partial charge in [0, 0.05) is 31.9 Å². The Kier molecular flexibility index (Phi) is 6.14. The third-order valence-corrected chi connectivity index (χ3v) is 7.84. The van der Waals surface area contributed by atoms with Crippen LogP contribution in [0.15, 0.2) is 61.3 Å². The highest BCUT2D eigenvalue weighted by molar-refractivity contribution is 5.91. The second kappa shape index (κ2) is 10.0. The van der Waals surface area contributed by atoms with Gasteiger partial charge >= 0.3 is 0 Å². The molecule has 0 saturated carbocycles. The van der Waals surface area contributed by atoms with E-state index in [2.05, 4.69) is 37.2 Å². The molecule has 212 valence electrons. The lowest BCUT2D eigenvalue weighted by Gasteiger charge is -2.40. The number of carbonyl (C=O) groups is 1. The smallest absolute Gasteiger partial charge is 0.282 e. The van der Waals surface area contributed by atoms with Gasteiger partial charge in [0.1, 0.15) is 34.4 Å². The zero-order chi connectivity index (χ0) is 29.0. The van der Waals surface area contributed by atoms with E-state index in [-0.39, 0.29) is 12.1 Å². The van der Waals surface area contributed by atoms with E-state index in [1.807, 2.05) is 55.3 Å². The van der Waals surface area contributed by atoms with Crippen LogP contribution >= 0.6 is 0 Å². The van der Waals surface area contributed by atoms with Gasteiger partial charge in [-0.25, -0.2) is 29.0 Å². The molecule has 7 rings (SSSR count). The van der Waals surface area contributed by atoms with Crippen molar-refractivity contribution in [1.29, 1.82) is 0 Å². The van der Waals surface area contributed by atoms with Crippen LogP contribution in [-0.2, 0) is 11.8 Å². The average Bonchev–Trinajstić information content (AvgIpc) is 3.48. The van der Waals surface area contributed by atoms with Crippen LogP contribution in [0.4, 0.5) is 21.8 Å². The zero-order valence-electron chi connectivity index (χ0n) is 23.0. The highest BCUT2D eigenvalue weighted by atomic mass is 19.1. The molecule has 2 aliphatic heterocycles. The van der Waals surface area contributed by atoms with Crippen molar-refractivity contribution in [2.75, 3.05) is 23.3 Å². The quantitative estimate of drug-likeness (QED) is 0.299. The summed E-state index contributed by atoms with van der Waals surface area (Å²) in [5, 5.41) is 11.6. The summed E-state index contributed by atoms with van der Waals surface area (Å²) in [5.41, 5.74) is 4.58. The largest absolute Gasteiger partial charge is 0.457 e. The van der Waals surface area contributed by atoms with E-state index >= 15 is 0 Å². The Morgan fingerprint density at radius 1 is 1.07 bits per heavy atom. The van der Waals surface area contributed by atoms with Gasteiger partial charge in [0.05, 0.1) is 23.8 Å². The molecule has 12 nitrogen and oxygen atoms in total. The lowest BCUT2D eigenvalue weighted by atomic mass is 10.2. The SMILES string of the molecule is C=C(F)C(=O)N1C2CCC1CN(c1ncc3ncnc(Nc4ccc(Oc5ccc6c(c5)nnn6C)c(C)c4)c3n1)C2. The summed E-state index contributed by atoms with van der Waals surface area (Å²) in [4.78, 5) is 34.2. The molecular weight excluding hydrogens is 539 g/mol. The number of aryl methyl sites for hydroxylation is 2. The molecule has 0 aliphatic carbocycles. The predicted molar refractivity (Wildman–Crippen MR) is 154 cm³/mol. The fraction of sp³-hybridized carbons (Fsp3) is 0.276. The van der Waals surface area contributed by atoms with E-state index in [1.165, 1.54) is 6.33 Å². The van der Waals surface area contributed by atoms with Crippen LogP contribution in [0.5, 0.6) is 11.5 Å². The van der Waals surface area contributed by atoms with Crippen molar-refractivity contribution in [1.82, 2.24) is 39.8 Å². The number of piperazine rings is 1. The Balaban J connectivity index is 1.11. The molecule has 42 heavy (non-hydrogen) atoms. The number of ether oxygens (including phenoxy) is 1. The first-order valence-corrected chi connectivity index (χ1v) is 13.6. The summed E-state index contributed by atoms with van der Waals surface area (Å²) in [5.74, 6) is 0.891. The van der Waals surface area contributed by atoms with Crippen LogP contribution in [0.3, 0.4) is 0 Å². The summed E-state index contributed by atoms with van der Waals surface area (Å²) < 4.78 is 21.5. The molecule has 2 unspecified atom stereocenters. The second-order valence-electron chi connectivity index (χ2n) is 10.6. The van der Waals surface area contributed by atoms with Gasteiger partial charge in [-0.2, -0.15) is 0 Å². The molecule has 3 aromatic heterocycles. The summed E-state index contributed by atoms with van der Waals surface area (Å²) >= 11 is 0. The van der Waals surface area contributed by atoms with Gasteiger partial charge in [-0.15, -0.1) is 5.10 Å². The van der Waals surface area contributed by atoms with Gasteiger partial charge in [-0.3, -0.25) is 4.79 Å². The lowest BCUT2D eigenvalue weighted by Crippen LogP contribution is -2.56. The predicted octanol–water partition coefficient (Wildman–Crippen LogP) is 4.21. The number of nitrogens with zero attached hydrogens (tertiary/aromatic N) is 9. The number of fused-ring (bicyclic) bond motifs is 4. The molecule has 2 aromatic carbocycles. The molecule has 5 heterocycles. The number of halogens is 1. The lowest BCUT2D eigenvalue weighted by molar-refractivity contribution is -0.131. The van der Waals surface area contributed by atoms with Crippen LogP contribution < -0.4 is 15.0 Å². The molecule has 2 bridgehead atoms. The van der Waals surface area contributed by atoms with Crippen LogP contribution in [-0.4, -0.2) is 70.9 Å². The highest BCUT2D eigenvalue weighted by Crippen LogP contribution is 2.34. The maximum atomic E-state index is 13.6. The van der Waals surface area contributed by atoms with Gasteiger partial charge in [0.15, 0.2) is 11.6 Å². The van der Waals surface area contributed by atoms with Gasteiger partial charge in [-0.1, -0.05) is 11.8 Å². The first kappa shape index (κ1) is 25.7. The van der Waals surface area contributed by atoms with Crippen molar-refractivity contribution in [3.63, 3.8) is 0 Å². The molecule has 0 spiro atoms. The molecule has 2 fully saturated rings. The minimum atomic E-state index is -0.923. The Labute approximate surface area is 239 Å². The Bertz CT molecular complexity index is 1860. The first-order chi connectivity index (χ1) is 20.3. The summed E-state index contributed by atoms with van der Waals surface area (Å²) in [6.07, 6.45) is 4.74. The van der Waals surface area contributed by atoms with Gasteiger partial charge in [0.2, 0.25) is 5.95 Å². The first-order valence-electron chi connectivity index (χ1n) is 13.6. The van der Waals surface area contributed by atoms with Crippen molar-refractivity contribution in [3.05, 3.63) is 66.9 Å². The van der Waals surface area contributed by atoms with E-state index in [1.54, 1.807) is 15.8 Å². The van der Waals surface area contributed by atoms with E-state index in [0.717, 1.165) is 35.1 Å². The summed E-state index contributed by atoms with van der Waals surface area (Å²) in [7, 11) is 1.85. The van der Waals surface area contributed by atoms with E-state index in [4.69, 9.17) is 9.72 Å². The Morgan fingerprint density at radius 3 is 2.64 bits per heavy atom. The number of carbonyl (C=O) groups excluding carboxylic acids is 1. The molecule has 2 atom stereocenters. The minimum Gasteiger partial charge on any atom is -0.457 e. The Hall–Kier alpha value is -5.20. The van der Waals surface area contributed by atoms with Crippen molar-refractivity contribution in [2.45, 2.75) is 31.8 Å². The molecule has 1 N–H and O–H groups in total. The van der Waals surface area contributed by atoms with Crippen molar-refractivity contribution >= 4 is 45.4 Å². The molecule has 13 heteroatoms. The normalized spacial score (nSPS) is 18.1. The van der Waals surface area contributed by atoms with Crippen LogP contribution in [0.1, 0.15) is 18.4 Å². The summed E-state index contributed by atoms with van der Waals surface area (Å²) in [6.45, 7) is 6.19. The number of anilines is 3. The molecule has 1 amide bonds. The van der Waals surface area contributed by atoms with Crippen molar-refractivity contribution in [3.8, 4) is 11.5 Å². The standard InChI is InChI=1S/C29H27FN10O2/c1-16-10-18(4-9-25(16)42-21-7-8-24-22(11-21)36-37-38(24)3)34-27-26-23(32-15-33-27)12-31-29(35-26)39-13-19-5-6-20(14-39)40(19)28(41)17(2)30/h4,7-12,15,19-20H,2,5-6,13-14H2,1,3H3,(H,32,33,34). The number of hydrogen-bond donors (Lipinski definition) is 1. The number of benzene rings is 2. The third kappa shape index (κ3) is 4.52. The van der Waals surface area contributed by atoms with Crippen molar-refractivity contribution in [2.24, 2.45) is 7.05 Å². The number of rotatable bonds is 6. The Morgan fingerprint density at radius 2 is 1.88 bits per heavy atom. The van der Waals surface area contributed by atoms with E-state index in [9.17, 15) is 9.18 Å². The number of nitrogens with one attached hydrogen (secondary N) is 1. The van der Waals surface area contributed by atoms with Gasteiger partial charge in [-0.05, 0) is 55.7 Å². The highest BCUT2D eigenvalue weighted by Gasteiger charge is 2.44. The third-order valence-electron chi connectivity index (χ3n) is 7.84. The minimum absolute atomic E-state index is 0.112. The van der Waals surface area contributed by atoms with Gasteiger partial charge < -0.3 is 19.9 Å². The van der Waals surface area contributed by atoms with E-state index < -0.39 is 11.7 Å². The van der Waals surface area contributed by atoms with E-state index in [0.29, 0.717) is 47.4 Å². The van der Waals surface area contributed by atoms with Crippen LogP contribution in [0, 0.1) is 6.92 Å². The fourth-order valence-electron chi connectivity index (χ4n) is 5.82. The zero-order valence-corrected chi connectivity index (χ0v) is 23.0. The maximum absolute atomic E-state index is 13.6. The molecule has 2 aliphatic rings.